The van der Waals surface area contributed by atoms with Crippen LogP contribution >= 0.6 is 0 Å². The summed E-state index contributed by atoms with van der Waals surface area (Å²) in [5, 5.41) is 3.22. The number of aromatic amines is 2. The van der Waals surface area contributed by atoms with Crippen molar-refractivity contribution in [3.05, 3.63) is 91.0 Å². The molecule has 0 amide bonds. The number of rotatable bonds is 7. The first-order chi connectivity index (χ1) is 24.6. The van der Waals surface area contributed by atoms with Crippen LogP contribution in [0.25, 0.3) is 89.7 Å². The Kier molecular flexibility index (Phi) is 12.0. The third-order valence-corrected chi connectivity index (χ3v) is 9.25. The number of nitrogens with zero attached hydrogens (tertiary/aromatic N) is 6. The van der Waals surface area contributed by atoms with Crippen molar-refractivity contribution in [1.82, 2.24) is 39.9 Å². The van der Waals surface area contributed by atoms with E-state index >= 15 is 0 Å². The minimum Gasteiger partial charge on any atom is -0.870 e. The van der Waals surface area contributed by atoms with Crippen molar-refractivity contribution >= 4 is 50.1 Å². The maximum Gasteiger partial charge on any atom is 1.00 e. The summed E-state index contributed by atoms with van der Waals surface area (Å²) in [4.78, 5) is 50.1. The maximum atomic E-state index is 13.1. The molecule has 0 atom stereocenters. The van der Waals surface area contributed by atoms with Crippen LogP contribution < -0.4 is 56.1 Å². The van der Waals surface area contributed by atoms with Crippen LogP contribution in [0.2, 0.25) is 0 Å². The molecule has 13 heteroatoms. The van der Waals surface area contributed by atoms with Crippen molar-refractivity contribution in [2.24, 2.45) is 0 Å². The topological polar surface area (TPSA) is 165 Å². The summed E-state index contributed by atoms with van der Waals surface area (Å²) in [5.74, 6) is 2.20. The molecule has 9 rings (SSSR count). The zero-order valence-electron chi connectivity index (χ0n) is 29.2. The SMILES string of the molecule is CCCCCCCC(=O)Oc1cccc2c3nc4nc(nc5[nH]c(nc6nc(nc([nH]3)c12)-c1ccccc1-6)c1ccccc51)-c1ccccc1-4.[Fe].[K+].[OH-]. The van der Waals surface area contributed by atoms with Crippen LogP contribution in [0.15, 0.2) is 91.0 Å². The molecular weight excluding hydrogens is 735 g/mol. The smallest absolute Gasteiger partial charge is 0.870 e. The molecule has 7 aromatic rings. The first-order valence-electron chi connectivity index (χ1n) is 17.1. The number of hydrogen-bond acceptors (Lipinski definition) is 9. The maximum absolute atomic E-state index is 13.1. The number of unbranched alkanes of at least 4 members (excludes halogenated alkanes) is 4. The molecule has 11 nitrogen and oxygen atoms in total. The van der Waals surface area contributed by atoms with E-state index < -0.39 is 0 Å². The van der Waals surface area contributed by atoms with Gasteiger partial charge < -0.3 is 20.2 Å². The molecule has 0 fully saturated rings. The first kappa shape index (κ1) is 38.5. The van der Waals surface area contributed by atoms with Crippen molar-refractivity contribution in [3.8, 4) is 51.3 Å². The molecule has 0 saturated heterocycles. The molecule has 4 aromatic carbocycles. The van der Waals surface area contributed by atoms with Gasteiger partial charge in [-0.1, -0.05) is 118 Å². The van der Waals surface area contributed by atoms with Gasteiger partial charge in [0, 0.05) is 61.9 Å². The summed E-state index contributed by atoms with van der Waals surface area (Å²) in [6, 6.07) is 29.5. The largest absolute Gasteiger partial charge is 1.00 e. The van der Waals surface area contributed by atoms with E-state index in [0.717, 1.165) is 64.1 Å². The fourth-order valence-electron chi connectivity index (χ4n) is 6.79. The van der Waals surface area contributed by atoms with Gasteiger partial charge in [0.2, 0.25) is 0 Å². The summed E-state index contributed by atoms with van der Waals surface area (Å²) < 4.78 is 6.03. The molecule has 0 saturated carbocycles. The summed E-state index contributed by atoms with van der Waals surface area (Å²) >= 11 is 0. The zero-order chi connectivity index (χ0) is 33.6. The number of esters is 1. The molecule has 3 N–H and O–H groups in total. The molecule has 0 unspecified atom stereocenters. The van der Waals surface area contributed by atoms with Gasteiger partial charge in [-0.3, -0.25) is 4.79 Å². The molecule has 0 aliphatic carbocycles. The van der Waals surface area contributed by atoms with Crippen LogP contribution in [0.4, 0.5) is 0 Å². The van der Waals surface area contributed by atoms with E-state index in [1.54, 1.807) is 6.07 Å². The number of ether oxygens (including phenoxy) is 1. The van der Waals surface area contributed by atoms with Crippen LogP contribution in [0.1, 0.15) is 45.4 Å². The van der Waals surface area contributed by atoms with Gasteiger partial charge in [0.05, 0.1) is 5.39 Å². The third-order valence-electron chi connectivity index (χ3n) is 9.25. The van der Waals surface area contributed by atoms with E-state index in [4.69, 9.17) is 34.6 Å². The summed E-state index contributed by atoms with van der Waals surface area (Å²) in [6.45, 7) is 2.18. The van der Waals surface area contributed by atoms with Gasteiger partial charge in [-0.05, 0) is 12.5 Å². The standard InChI is InChI=1S/C40H32N8O2.Fe.K.H2O/c1-2-3-4-5-6-22-31(49)50-30-21-13-20-29-32(30)40-47-38-28-19-12-11-18-27(28)36(45-38)43-34-24-15-8-7-14-23(24)33(41-34)42-35-25-16-9-10-17-26(25)37(44-35)46-39(29)48-40;;;/h7-21H,2-6,22H2,1H3,(H2,41,42,43,44,45,46,47,48);;;1H2/q;;+1;/p-1. The van der Waals surface area contributed by atoms with E-state index in [9.17, 15) is 4.79 Å². The van der Waals surface area contributed by atoms with Gasteiger partial charge in [-0.2, -0.15) is 0 Å². The second kappa shape index (κ2) is 16.5. The van der Waals surface area contributed by atoms with Crippen molar-refractivity contribution in [1.29, 1.82) is 0 Å². The Bertz CT molecular complexity index is 2650. The quantitative estimate of drug-likeness (QED) is 0.0862. The number of carbonyl (C=O) groups is 1. The molecule has 0 spiro atoms. The monoisotopic (exact) mass is 768 g/mol. The number of H-pyrrole nitrogens is 2. The van der Waals surface area contributed by atoms with Gasteiger partial charge in [-0.25, -0.2) is 29.9 Å². The van der Waals surface area contributed by atoms with E-state index in [2.05, 4.69) is 16.9 Å². The third kappa shape index (κ3) is 7.23. The normalized spacial score (nSPS) is 11.2. The van der Waals surface area contributed by atoms with Gasteiger partial charge in [-0.15, -0.1) is 0 Å². The Labute approximate surface area is 357 Å². The molecule has 3 aromatic heterocycles. The predicted molar refractivity (Wildman–Crippen MR) is 197 cm³/mol. The van der Waals surface area contributed by atoms with Gasteiger partial charge in [0.15, 0.2) is 23.3 Å². The second-order valence-electron chi connectivity index (χ2n) is 12.6. The number of nitrogens with one attached hydrogen (secondary N) is 2. The van der Waals surface area contributed by atoms with E-state index in [1.807, 2.05) is 84.9 Å². The average molecular weight is 769 g/mol. The van der Waals surface area contributed by atoms with Gasteiger partial charge in [0.25, 0.3) is 0 Å². The van der Waals surface area contributed by atoms with Crippen LogP contribution in [-0.2, 0) is 21.9 Å². The zero-order valence-corrected chi connectivity index (χ0v) is 33.4. The Morgan fingerprint density at radius 1 is 0.547 bits per heavy atom. The number of benzene rings is 4. The summed E-state index contributed by atoms with van der Waals surface area (Å²) in [7, 11) is 0. The minimum atomic E-state index is -0.275. The van der Waals surface area contributed by atoms with Crippen LogP contribution in [0.3, 0.4) is 0 Å². The van der Waals surface area contributed by atoms with Gasteiger partial charge >= 0.3 is 57.4 Å². The van der Waals surface area contributed by atoms with Crippen LogP contribution in [0.5, 0.6) is 5.75 Å². The van der Waals surface area contributed by atoms with Crippen molar-refractivity contribution in [3.63, 3.8) is 0 Å². The average Bonchev–Trinajstić information content (AvgIpc) is 3.87. The van der Waals surface area contributed by atoms with Crippen molar-refractivity contribution in [2.45, 2.75) is 45.4 Å². The first-order valence-corrected chi connectivity index (χ1v) is 17.1. The molecule has 260 valence electrons. The van der Waals surface area contributed by atoms with Crippen molar-refractivity contribution in [2.75, 3.05) is 0 Å². The van der Waals surface area contributed by atoms with E-state index in [-0.39, 0.29) is 79.9 Å². The molecule has 8 bridgehead atoms. The Balaban J connectivity index is 0.00000160. The van der Waals surface area contributed by atoms with Crippen LogP contribution in [-0.4, -0.2) is 51.3 Å². The fourth-order valence-corrected chi connectivity index (χ4v) is 6.79. The number of fused-ring (bicyclic) bond motifs is 20. The predicted octanol–water partition coefficient (Wildman–Crippen LogP) is 5.96. The Morgan fingerprint density at radius 2 is 0.981 bits per heavy atom. The summed E-state index contributed by atoms with van der Waals surface area (Å²) in [5.41, 5.74) is 5.71. The number of carbonyl (C=O) groups excluding carboxylic acids is 1. The second-order valence-corrected chi connectivity index (χ2v) is 12.6. The van der Waals surface area contributed by atoms with Crippen LogP contribution in [0, 0.1) is 0 Å². The van der Waals surface area contributed by atoms with E-state index in [0.29, 0.717) is 63.4 Å². The number of hydrogen-bond donors (Lipinski definition) is 2. The van der Waals surface area contributed by atoms with E-state index in [1.165, 1.54) is 6.42 Å². The molecule has 2 aliphatic heterocycles. The minimum absolute atomic E-state index is 0. The Morgan fingerprint density at radius 3 is 1.51 bits per heavy atom. The molecule has 0 radical (unpaired) electrons. The molecule has 5 heterocycles. The molecule has 53 heavy (non-hydrogen) atoms. The van der Waals surface area contributed by atoms with Gasteiger partial charge in [0.1, 0.15) is 28.3 Å². The molecular formula is C40H33FeKN8O3. The van der Waals surface area contributed by atoms with Crippen molar-refractivity contribution < 1.29 is 83.5 Å². The number of aromatic nitrogens is 8. The Hall–Kier alpha value is -4.17. The summed E-state index contributed by atoms with van der Waals surface area (Å²) in [6.07, 6.45) is 5.56. The molecule has 2 aliphatic rings. The fraction of sp³-hybridized carbons (Fsp3) is 0.175.